The number of nitrogens with zero attached hydrogens (tertiary/aromatic N) is 2. The topological polar surface area (TPSA) is 49.5 Å². The van der Waals surface area contributed by atoms with Crippen molar-refractivity contribution in [1.82, 2.24) is 9.88 Å². The summed E-state index contributed by atoms with van der Waals surface area (Å²) in [7, 11) is 0. The fourth-order valence-corrected chi connectivity index (χ4v) is 4.15. The first-order chi connectivity index (χ1) is 11.3. The third-order valence-corrected chi connectivity index (χ3v) is 5.46. The fraction of sp³-hybridized carbons (Fsp3) is 0.389. The van der Waals surface area contributed by atoms with Crippen molar-refractivity contribution >= 4 is 21.6 Å². The van der Waals surface area contributed by atoms with Gasteiger partial charge in [-0.25, -0.2) is 4.98 Å². The maximum atomic E-state index is 9.34. The van der Waals surface area contributed by atoms with Crippen LogP contribution in [0.2, 0.25) is 0 Å². The number of hydrogen-bond donors (Lipinski definition) is 1. The zero-order valence-corrected chi connectivity index (χ0v) is 13.8. The summed E-state index contributed by atoms with van der Waals surface area (Å²) in [4.78, 5) is 7.01. The van der Waals surface area contributed by atoms with Crippen molar-refractivity contribution in [3.05, 3.63) is 42.2 Å². The molecule has 0 saturated carbocycles. The molecule has 3 aromatic rings. The van der Waals surface area contributed by atoms with E-state index in [-0.39, 0.29) is 6.61 Å². The first-order valence-corrected chi connectivity index (χ1v) is 8.91. The van der Waals surface area contributed by atoms with Gasteiger partial charge in [0.1, 0.15) is 5.76 Å². The quantitative estimate of drug-likeness (QED) is 0.792. The van der Waals surface area contributed by atoms with Crippen LogP contribution in [-0.2, 0) is 6.54 Å². The van der Waals surface area contributed by atoms with E-state index in [1.165, 1.54) is 4.70 Å². The van der Waals surface area contributed by atoms with E-state index in [0.717, 1.165) is 54.5 Å². The Hall–Kier alpha value is -1.69. The van der Waals surface area contributed by atoms with Crippen molar-refractivity contribution < 1.29 is 9.52 Å². The van der Waals surface area contributed by atoms with Crippen LogP contribution in [0.4, 0.5) is 0 Å². The molecule has 5 heteroatoms. The van der Waals surface area contributed by atoms with Crippen molar-refractivity contribution in [2.24, 2.45) is 5.92 Å². The second kappa shape index (κ2) is 6.43. The van der Waals surface area contributed by atoms with Gasteiger partial charge in [0.25, 0.3) is 0 Å². The number of thiazole rings is 1. The molecule has 0 amide bonds. The molecule has 4 nitrogen and oxygen atoms in total. The molecule has 4 rings (SSSR count). The Balaban J connectivity index is 1.50. The second-order valence-electron chi connectivity index (χ2n) is 6.18. The van der Waals surface area contributed by atoms with Gasteiger partial charge >= 0.3 is 0 Å². The van der Waals surface area contributed by atoms with Crippen molar-refractivity contribution in [3.63, 3.8) is 0 Å². The number of aliphatic hydroxyl groups is 1. The van der Waals surface area contributed by atoms with Gasteiger partial charge in [-0.15, -0.1) is 11.3 Å². The van der Waals surface area contributed by atoms with Gasteiger partial charge in [-0.1, -0.05) is 12.1 Å². The molecule has 2 aromatic heterocycles. The van der Waals surface area contributed by atoms with E-state index < -0.39 is 0 Å². The summed E-state index contributed by atoms with van der Waals surface area (Å²) in [5, 5.41) is 10.3. The summed E-state index contributed by atoms with van der Waals surface area (Å²) in [5.41, 5.74) is 1.02. The minimum Gasteiger partial charge on any atom is -0.457 e. The normalized spacial score (nSPS) is 19.4. The molecule has 1 aliphatic heterocycles. The van der Waals surface area contributed by atoms with Crippen LogP contribution in [-0.4, -0.2) is 34.7 Å². The molecule has 1 saturated heterocycles. The average molecular weight is 328 g/mol. The standard InChI is InChI=1S/C18H20N2O2S/c21-12-13-4-3-9-20(10-13)11-14-7-8-16(22-14)18-19-15-5-1-2-6-17(15)23-18/h1-2,5-8,13,21H,3-4,9-12H2. The van der Waals surface area contributed by atoms with Crippen molar-refractivity contribution in [3.8, 4) is 10.8 Å². The lowest BCUT2D eigenvalue weighted by Gasteiger charge is -2.30. The number of fused-ring (bicyclic) bond motifs is 1. The molecular formula is C18H20N2O2S. The zero-order chi connectivity index (χ0) is 15.6. The van der Waals surface area contributed by atoms with Gasteiger partial charge in [-0.2, -0.15) is 0 Å². The number of rotatable bonds is 4. The molecule has 1 unspecified atom stereocenters. The molecule has 0 bridgehead atoms. The van der Waals surface area contributed by atoms with Crippen LogP contribution in [0.5, 0.6) is 0 Å². The molecule has 1 aromatic carbocycles. The van der Waals surface area contributed by atoms with Crippen LogP contribution in [0.3, 0.4) is 0 Å². The minimum absolute atomic E-state index is 0.283. The summed E-state index contributed by atoms with van der Waals surface area (Å²) < 4.78 is 7.20. The third-order valence-electron chi connectivity index (χ3n) is 4.41. The molecular weight excluding hydrogens is 308 g/mol. The van der Waals surface area contributed by atoms with E-state index >= 15 is 0 Å². The number of piperidine rings is 1. The molecule has 1 fully saturated rings. The first kappa shape index (κ1) is 14.9. The van der Waals surface area contributed by atoms with Crippen LogP contribution in [0.15, 0.2) is 40.8 Å². The zero-order valence-electron chi connectivity index (χ0n) is 12.9. The number of aliphatic hydroxyl groups excluding tert-OH is 1. The highest BCUT2D eigenvalue weighted by atomic mass is 32.1. The van der Waals surface area contributed by atoms with Gasteiger partial charge in [0.2, 0.25) is 0 Å². The number of aromatic nitrogens is 1. The lowest BCUT2D eigenvalue weighted by Crippen LogP contribution is -2.36. The Bertz CT molecular complexity index is 762. The Kier molecular flexibility index (Phi) is 4.16. The molecule has 3 heterocycles. The van der Waals surface area contributed by atoms with Gasteiger partial charge in [0, 0.05) is 13.2 Å². The van der Waals surface area contributed by atoms with Gasteiger partial charge in [0.05, 0.1) is 16.8 Å². The molecule has 120 valence electrons. The number of furan rings is 1. The van der Waals surface area contributed by atoms with Gasteiger partial charge < -0.3 is 9.52 Å². The highest BCUT2D eigenvalue weighted by Gasteiger charge is 2.20. The summed E-state index contributed by atoms with van der Waals surface area (Å²) in [6.45, 7) is 3.12. The predicted octanol–water partition coefficient (Wildman–Crippen LogP) is 3.76. The third kappa shape index (κ3) is 3.17. The minimum atomic E-state index is 0.283. The Morgan fingerprint density at radius 1 is 1.26 bits per heavy atom. The smallest absolute Gasteiger partial charge is 0.163 e. The molecule has 0 radical (unpaired) electrons. The fourth-order valence-electron chi connectivity index (χ4n) is 3.22. The lowest BCUT2D eigenvalue weighted by atomic mass is 9.99. The number of benzene rings is 1. The lowest BCUT2D eigenvalue weighted by molar-refractivity contribution is 0.110. The molecule has 1 atom stereocenters. The van der Waals surface area contributed by atoms with Gasteiger partial charge in [0.15, 0.2) is 10.8 Å². The van der Waals surface area contributed by atoms with Crippen LogP contribution in [0, 0.1) is 5.92 Å². The van der Waals surface area contributed by atoms with Crippen LogP contribution in [0.1, 0.15) is 18.6 Å². The average Bonchev–Trinajstić information content (AvgIpc) is 3.21. The molecule has 0 aliphatic carbocycles. The van der Waals surface area contributed by atoms with Gasteiger partial charge in [-0.05, 0) is 49.6 Å². The largest absolute Gasteiger partial charge is 0.457 e. The predicted molar refractivity (Wildman–Crippen MR) is 92.4 cm³/mol. The summed E-state index contributed by atoms with van der Waals surface area (Å²) in [5.74, 6) is 2.22. The monoisotopic (exact) mass is 328 g/mol. The summed E-state index contributed by atoms with van der Waals surface area (Å²) in [6, 6.07) is 12.2. The van der Waals surface area contributed by atoms with E-state index in [0.29, 0.717) is 5.92 Å². The maximum Gasteiger partial charge on any atom is 0.163 e. The highest BCUT2D eigenvalue weighted by Crippen LogP contribution is 2.31. The number of likely N-dealkylation sites (tertiary alicyclic amines) is 1. The van der Waals surface area contributed by atoms with Crippen LogP contribution >= 0.6 is 11.3 Å². The Morgan fingerprint density at radius 2 is 2.17 bits per heavy atom. The number of hydrogen-bond acceptors (Lipinski definition) is 5. The molecule has 23 heavy (non-hydrogen) atoms. The first-order valence-electron chi connectivity index (χ1n) is 8.09. The number of para-hydroxylation sites is 1. The maximum absolute atomic E-state index is 9.34. The van der Waals surface area contributed by atoms with E-state index in [1.807, 2.05) is 30.3 Å². The van der Waals surface area contributed by atoms with Crippen LogP contribution in [0.25, 0.3) is 21.0 Å². The van der Waals surface area contributed by atoms with Crippen molar-refractivity contribution in [2.75, 3.05) is 19.7 Å². The van der Waals surface area contributed by atoms with Crippen molar-refractivity contribution in [1.29, 1.82) is 0 Å². The molecule has 0 spiro atoms. The molecule has 1 aliphatic rings. The Morgan fingerprint density at radius 3 is 3.04 bits per heavy atom. The van der Waals surface area contributed by atoms with Crippen LogP contribution < -0.4 is 0 Å². The summed E-state index contributed by atoms with van der Waals surface area (Å²) >= 11 is 1.66. The van der Waals surface area contributed by atoms with Gasteiger partial charge in [-0.3, -0.25) is 4.90 Å². The SMILES string of the molecule is OCC1CCCN(Cc2ccc(-c3nc4ccccc4s3)o2)C1. The highest BCUT2D eigenvalue weighted by molar-refractivity contribution is 7.21. The molecule has 1 N–H and O–H groups in total. The van der Waals surface area contributed by atoms with E-state index in [2.05, 4.69) is 16.0 Å². The van der Waals surface area contributed by atoms with E-state index in [4.69, 9.17) is 4.42 Å². The Labute approximate surface area is 139 Å². The second-order valence-corrected chi connectivity index (χ2v) is 7.21. The van der Waals surface area contributed by atoms with E-state index in [1.54, 1.807) is 11.3 Å². The van der Waals surface area contributed by atoms with Crippen molar-refractivity contribution in [2.45, 2.75) is 19.4 Å². The summed E-state index contributed by atoms with van der Waals surface area (Å²) in [6.07, 6.45) is 2.28. The van der Waals surface area contributed by atoms with E-state index in [9.17, 15) is 5.11 Å².